The number of phenolic OH excluding ortho intramolecular Hbond substituents is 4. The number of thiocarbonyl (C=S) groups is 2. The molecule has 144 valence electrons. The van der Waals surface area contributed by atoms with Gasteiger partial charge in [-0.3, -0.25) is 0 Å². The summed E-state index contributed by atoms with van der Waals surface area (Å²) in [5, 5.41) is 40.3. The fraction of sp³-hybridized carbons (Fsp3) is 0.300. The van der Waals surface area contributed by atoms with Gasteiger partial charge in [0.25, 0.3) is 0 Å². The molecule has 0 bridgehead atoms. The summed E-state index contributed by atoms with van der Waals surface area (Å²) < 4.78 is 0.663. The SMILES string of the molecule is CC(C)c1cc(C(=S)SC(=S)c2cc(C(C)C)c(O)cc2O)c(O)cc1O. The van der Waals surface area contributed by atoms with Crippen molar-refractivity contribution in [3.05, 3.63) is 46.5 Å². The Labute approximate surface area is 173 Å². The van der Waals surface area contributed by atoms with Gasteiger partial charge in [0.1, 0.15) is 23.0 Å². The van der Waals surface area contributed by atoms with E-state index in [-0.39, 0.29) is 34.8 Å². The van der Waals surface area contributed by atoms with Crippen LogP contribution in [0.1, 0.15) is 61.8 Å². The lowest BCUT2D eigenvalue weighted by Gasteiger charge is -2.15. The highest BCUT2D eigenvalue weighted by atomic mass is 32.2. The van der Waals surface area contributed by atoms with E-state index in [1.165, 1.54) is 12.1 Å². The van der Waals surface area contributed by atoms with Crippen LogP contribution in [0.15, 0.2) is 24.3 Å². The standard InChI is InChI=1S/C20H22O4S3/c1-9(2)11-5-13(17(23)7-15(11)21)19(25)27-20(26)14-6-12(10(3)4)16(22)8-18(14)24/h5-10,21-24H,1-4H3. The van der Waals surface area contributed by atoms with E-state index < -0.39 is 0 Å². The molecule has 0 saturated heterocycles. The average molecular weight is 423 g/mol. The summed E-state index contributed by atoms with van der Waals surface area (Å²) in [6.45, 7) is 7.72. The van der Waals surface area contributed by atoms with Gasteiger partial charge in [-0.15, -0.1) is 0 Å². The Bertz CT molecular complexity index is 831. The third kappa shape index (κ3) is 4.72. The average Bonchev–Trinajstić information content (AvgIpc) is 2.53. The minimum absolute atomic E-state index is 0.0133. The van der Waals surface area contributed by atoms with Crippen molar-refractivity contribution in [2.75, 3.05) is 0 Å². The molecule has 0 radical (unpaired) electrons. The largest absolute Gasteiger partial charge is 0.508 e. The molecule has 0 fully saturated rings. The summed E-state index contributed by atoms with van der Waals surface area (Å²) in [4.78, 5) is 0. The van der Waals surface area contributed by atoms with Gasteiger partial charge in [-0.1, -0.05) is 63.9 Å². The van der Waals surface area contributed by atoms with Gasteiger partial charge in [0.05, 0.1) is 8.39 Å². The van der Waals surface area contributed by atoms with Crippen molar-refractivity contribution in [2.24, 2.45) is 0 Å². The van der Waals surface area contributed by atoms with Crippen LogP contribution in [0.25, 0.3) is 0 Å². The van der Waals surface area contributed by atoms with E-state index in [4.69, 9.17) is 24.4 Å². The van der Waals surface area contributed by atoms with Crippen LogP contribution in [-0.4, -0.2) is 28.8 Å². The Morgan fingerprint density at radius 1 is 0.667 bits per heavy atom. The molecule has 0 aliphatic carbocycles. The fourth-order valence-corrected chi connectivity index (χ4v) is 4.33. The lowest BCUT2D eigenvalue weighted by Crippen LogP contribution is -2.03. The highest BCUT2D eigenvalue weighted by molar-refractivity contribution is 8.39. The first-order valence-electron chi connectivity index (χ1n) is 8.41. The molecular formula is C20H22O4S3. The summed E-state index contributed by atoms with van der Waals surface area (Å²) in [6.07, 6.45) is 0. The van der Waals surface area contributed by atoms with Gasteiger partial charge in [0, 0.05) is 23.3 Å². The van der Waals surface area contributed by atoms with Gasteiger partial charge in [-0.05, 0) is 35.1 Å². The molecule has 0 spiro atoms. The first-order chi connectivity index (χ1) is 12.5. The van der Waals surface area contributed by atoms with Gasteiger partial charge in [0.2, 0.25) is 0 Å². The number of hydrogen-bond acceptors (Lipinski definition) is 7. The highest BCUT2D eigenvalue weighted by Crippen LogP contribution is 2.38. The van der Waals surface area contributed by atoms with E-state index in [0.29, 0.717) is 30.6 Å². The van der Waals surface area contributed by atoms with E-state index >= 15 is 0 Å². The second-order valence-electron chi connectivity index (χ2n) is 6.84. The molecule has 0 aliphatic rings. The minimum Gasteiger partial charge on any atom is -0.508 e. The second kappa shape index (κ2) is 8.46. The van der Waals surface area contributed by atoms with Gasteiger partial charge in [0.15, 0.2) is 0 Å². The molecule has 7 heteroatoms. The van der Waals surface area contributed by atoms with Crippen LogP contribution in [0.5, 0.6) is 23.0 Å². The van der Waals surface area contributed by atoms with Crippen LogP contribution >= 0.6 is 36.2 Å². The van der Waals surface area contributed by atoms with Gasteiger partial charge in [-0.2, -0.15) is 0 Å². The van der Waals surface area contributed by atoms with Crippen LogP contribution in [0.2, 0.25) is 0 Å². The summed E-state index contributed by atoms with van der Waals surface area (Å²) in [5.41, 5.74) is 2.15. The van der Waals surface area contributed by atoms with Crippen molar-refractivity contribution in [1.29, 1.82) is 0 Å². The Kier molecular flexibility index (Phi) is 6.72. The van der Waals surface area contributed by atoms with Crippen LogP contribution in [0.3, 0.4) is 0 Å². The lowest BCUT2D eigenvalue weighted by atomic mass is 9.99. The summed E-state index contributed by atoms with van der Waals surface area (Å²) in [5.74, 6) is -0.124. The van der Waals surface area contributed by atoms with E-state index in [1.54, 1.807) is 12.1 Å². The van der Waals surface area contributed by atoms with E-state index in [0.717, 1.165) is 11.8 Å². The smallest absolute Gasteiger partial charge is 0.128 e. The number of aromatic hydroxyl groups is 4. The quantitative estimate of drug-likeness (QED) is 0.482. The van der Waals surface area contributed by atoms with Gasteiger partial charge >= 0.3 is 0 Å². The molecule has 2 aromatic carbocycles. The van der Waals surface area contributed by atoms with Crippen molar-refractivity contribution in [3.8, 4) is 23.0 Å². The summed E-state index contributed by atoms with van der Waals surface area (Å²) in [6, 6.07) is 5.86. The topological polar surface area (TPSA) is 80.9 Å². The number of thioether (sulfide) groups is 1. The summed E-state index contributed by atoms with van der Waals surface area (Å²) in [7, 11) is 0. The molecule has 0 atom stereocenters. The van der Waals surface area contributed by atoms with E-state index in [1.807, 2.05) is 27.7 Å². The molecule has 0 aliphatic heterocycles. The Balaban J connectivity index is 2.35. The van der Waals surface area contributed by atoms with Crippen molar-refractivity contribution in [1.82, 2.24) is 0 Å². The molecule has 0 heterocycles. The number of phenols is 4. The normalized spacial score (nSPS) is 11.2. The Morgan fingerprint density at radius 2 is 1.00 bits per heavy atom. The Morgan fingerprint density at radius 3 is 1.30 bits per heavy atom. The molecule has 0 aromatic heterocycles. The zero-order valence-electron chi connectivity index (χ0n) is 15.5. The van der Waals surface area contributed by atoms with Crippen molar-refractivity contribution in [2.45, 2.75) is 39.5 Å². The van der Waals surface area contributed by atoms with Crippen LogP contribution < -0.4 is 0 Å². The molecule has 4 nitrogen and oxygen atoms in total. The number of benzene rings is 2. The number of hydrogen-bond donors (Lipinski definition) is 4. The molecule has 4 N–H and O–H groups in total. The van der Waals surface area contributed by atoms with E-state index in [9.17, 15) is 20.4 Å². The molecular weight excluding hydrogens is 400 g/mol. The molecule has 2 aromatic rings. The Hall–Kier alpha value is -1.83. The van der Waals surface area contributed by atoms with Crippen molar-refractivity contribution >= 4 is 44.6 Å². The predicted octanol–water partition coefficient (Wildman–Crippen LogP) is 5.54. The molecule has 0 saturated carbocycles. The zero-order chi connectivity index (χ0) is 20.5. The lowest BCUT2D eigenvalue weighted by molar-refractivity contribution is 0.442. The van der Waals surface area contributed by atoms with Crippen molar-refractivity contribution < 1.29 is 20.4 Å². The zero-order valence-corrected chi connectivity index (χ0v) is 17.9. The van der Waals surface area contributed by atoms with Gasteiger partial charge < -0.3 is 20.4 Å². The maximum Gasteiger partial charge on any atom is 0.128 e. The molecule has 0 amide bonds. The molecule has 2 rings (SSSR count). The molecule has 0 unspecified atom stereocenters. The minimum atomic E-state index is -0.130. The first-order valence-corrected chi connectivity index (χ1v) is 10.0. The maximum atomic E-state index is 10.2. The second-order valence-corrected chi connectivity index (χ2v) is 9.20. The third-order valence-corrected chi connectivity index (χ3v) is 5.91. The third-order valence-electron chi connectivity index (χ3n) is 4.16. The maximum absolute atomic E-state index is 10.2. The highest BCUT2D eigenvalue weighted by Gasteiger charge is 2.19. The predicted molar refractivity (Wildman–Crippen MR) is 119 cm³/mol. The number of rotatable bonds is 4. The summed E-state index contributed by atoms with van der Waals surface area (Å²) >= 11 is 11.9. The van der Waals surface area contributed by atoms with Crippen molar-refractivity contribution in [3.63, 3.8) is 0 Å². The van der Waals surface area contributed by atoms with Crippen LogP contribution in [0, 0.1) is 0 Å². The van der Waals surface area contributed by atoms with Crippen LogP contribution in [-0.2, 0) is 0 Å². The molecule has 27 heavy (non-hydrogen) atoms. The van der Waals surface area contributed by atoms with E-state index in [2.05, 4.69) is 0 Å². The monoisotopic (exact) mass is 422 g/mol. The fourth-order valence-electron chi connectivity index (χ4n) is 2.63. The first kappa shape index (κ1) is 21.5. The van der Waals surface area contributed by atoms with Gasteiger partial charge in [-0.25, -0.2) is 0 Å². The van der Waals surface area contributed by atoms with Crippen LogP contribution in [0.4, 0.5) is 0 Å².